The molecule has 1 N–H and O–H groups in total. The number of carbonyl (C=O) groups excluding carboxylic acids is 1. The number of aryl methyl sites for hydroxylation is 3. The number of carbonyl (C=O) groups is 1. The third-order valence-corrected chi connectivity index (χ3v) is 3.84. The summed E-state index contributed by atoms with van der Waals surface area (Å²) in [6, 6.07) is 9.91. The Morgan fingerprint density at radius 3 is 2.55 bits per heavy atom. The van der Waals surface area contributed by atoms with Gasteiger partial charge in [-0.05, 0) is 37.5 Å². The molecule has 0 unspecified atom stereocenters. The number of hydrogen-bond acceptors (Lipinski definition) is 1. The number of nitrogens with one attached hydrogen (secondary N) is 1. The van der Waals surface area contributed by atoms with Crippen LogP contribution in [0.5, 0.6) is 0 Å². The summed E-state index contributed by atoms with van der Waals surface area (Å²) < 4.78 is 2.12. The summed E-state index contributed by atoms with van der Waals surface area (Å²) in [7, 11) is 0. The molecule has 0 bridgehead atoms. The number of pyridine rings is 1. The van der Waals surface area contributed by atoms with Gasteiger partial charge in [0.2, 0.25) is 5.91 Å². The zero-order valence-corrected chi connectivity index (χ0v) is 13.9. The van der Waals surface area contributed by atoms with Gasteiger partial charge in [-0.2, -0.15) is 0 Å². The number of aromatic nitrogens is 1. The molecule has 4 heteroatoms. The molecular formula is C18H22ClN2O+. The minimum atomic E-state index is 0.0203. The summed E-state index contributed by atoms with van der Waals surface area (Å²) in [6.45, 7) is 4.88. The van der Waals surface area contributed by atoms with Crippen LogP contribution in [0.1, 0.15) is 30.4 Å². The van der Waals surface area contributed by atoms with Crippen molar-refractivity contribution < 1.29 is 9.36 Å². The van der Waals surface area contributed by atoms with Crippen LogP contribution < -0.4 is 9.88 Å². The van der Waals surface area contributed by atoms with Gasteiger partial charge in [0.15, 0.2) is 12.4 Å². The van der Waals surface area contributed by atoms with E-state index in [9.17, 15) is 4.79 Å². The van der Waals surface area contributed by atoms with Gasteiger partial charge < -0.3 is 5.32 Å². The topological polar surface area (TPSA) is 33.0 Å². The Kier molecular flexibility index (Phi) is 5.96. The van der Waals surface area contributed by atoms with Crippen LogP contribution in [0, 0.1) is 13.8 Å². The van der Waals surface area contributed by atoms with E-state index >= 15 is 0 Å². The Labute approximate surface area is 136 Å². The SMILES string of the molecule is Cc1cc(C)c(NC(=O)CCCC[n+]2ccccc2)c(Cl)c1. The molecule has 0 saturated heterocycles. The van der Waals surface area contributed by atoms with Crippen molar-refractivity contribution in [3.63, 3.8) is 0 Å². The first kappa shape index (κ1) is 16.5. The molecule has 2 rings (SSSR count). The number of amides is 1. The van der Waals surface area contributed by atoms with Crippen molar-refractivity contribution in [1.82, 2.24) is 0 Å². The molecule has 1 heterocycles. The van der Waals surface area contributed by atoms with Crippen LogP contribution in [-0.2, 0) is 11.3 Å². The lowest BCUT2D eigenvalue weighted by molar-refractivity contribution is -0.697. The van der Waals surface area contributed by atoms with Crippen molar-refractivity contribution in [2.75, 3.05) is 5.32 Å². The van der Waals surface area contributed by atoms with Crippen molar-refractivity contribution >= 4 is 23.2 Å². The smallest absolute Gasteiger partial charge is 0.224 e. The van der Waals surface area contributed by atoms with Gasteiger partial charge in [0.05, 0.1) is 10.7 Å². The van der Waals surface area contributed by atoms with Gasteiger partial charge in [0, 0.05) is 25.0 Å². The predicted octanol–water partition coefficient (Wildman–Crippen LogP) is 4.05. The molecule has 0 aliphatic carbocycles. The van der Waals surface area contributed by atoms with Crippen molar-refractivity contribution in [3.05, 3.63) is 58.9 Å². The van der Waals surface area contributed by atoms with E-state index in [4.69, 9.17) is 11.6 Å². The highest BCUT2D eigenvalue weighted by atomic mass is 35.5. The molecule has 3 nitrogen and oxygen atoms in total. The summed E-state index contributed by atoms with van der Waals surface area (Å²) >= 11 is 6.20. The number of halogens is 1. The van der Waals surface area contributed by atoms with Crippen LogP contribution in [0.25, 0.3) is 0 Å². The average Bonchev–Trinajstić information content (AvgIpc) is 2.48. The van der Waals surface area contributed by atoms with E-state index in [-0.39, 0.29) is 5.91 Å². The van der Waals surface area contributed by atoms with Gasteiger partial charge in [-0.15, -0.1) is 0 Å². The molecule has 0 spiro atoms. The molecular weight excluding hydrogens is 296 g/mol. The molecule has 0 saturated carbocycles. The molecule has 0 radical (unpaired) electrons. The Bertz CT molecular complexity index is 618. The van der Waals surface area contributed by atoms with Crippen molar-refractivity contribution in [2.45, 2.75) is 39.7 Å². The highest BCUT2D eigenvalue weighted by molar-refractivity contribution is 6.34. The number of hydrogen-bond donors (Lipinski definition) is 1. The van der Waals surface area contributed by atoms with Gasteiger partial charge in [-0.25, -0.2) is 4.57 Å². The maximum atomic E-state index is 12.0. The van der Waals surface area contributed by atoms with Crippen molar-refractivity contribution in [2.24, 2.45) is 0 Å². The minimum absolute atomic E-state index is 0.0203. The fraction of sp³-hybridized carbons (Fsp3) is 0.333. The highest BCUT2D eigenvalue weighted by Gasteiger charge is 2.09. The molecule has 1 amide bonds. The number of rotatable bonds is 6. The first-order valence-electron chi connectivity index (χ1n) is 7.57. The van der Waals surface area contributed by atoms with E-state index in [1.807, 2.05) is 56.6 Å². The zero-order valence-electron chi connectivity index (χ0n) is 13.1. The van der Waals surface area contributed by atoms with E-state index in [2.05, 4.69) is 9.88 Å². The second-order valence-electron chi connectivity index (χ2n) is 5.56. The number of unbranched alkanes of at least 4 members (excludes halogenated alkanes) is 1. The molecule has 2 aromatic rings. The number of benzene rings is 1. The van der Waals surface area contributed by atoms with Crippen LogP contribution >= 0.6 is 11.6 Å². The Morgan fingerprint density at radius 1 is 1.14 bits per heavy atom. The molecule has 0 fully saturated rings. The van der Waals surface area contributed by atoms with E-state index in [0.29, 0.717) is 11.4 Å². The Morgan fingerprint density at radius 2 is 1.86 bits per heavy atom. The van der Waals surface area contributed by atoms with Gasteiger partial charge in [0.25, 0.3) is 0 Å². The lowest BCUT2D eigenvalue weighted by Gasteiger charge is -2.11. The second-order valence-corrected chi connectivity index (χ2v) is 5.96. The molecule has 0 aliphatic heterocycles. The van der Waals surface area contributed by atoms with Gasteiger partial charge in [0.1, 0.15) is 6.54 Å². The molecule has 0 atom stereocenters. The lowest BCUT2D eigenvalue weighted by Crippen LogP contribution is -2.32. The van der Waals surface area contributed by atoms with Crippen molar-refractivity contribution in [3.8, 4) is 0 Å². The largest absolute Gasteiger partial charge is 0.325 e. The lowest BCUT2D eigenvalue weighted by atomic mass is 10.1. The standard InChI is InChI=1S/C18H21ClN2O/c1-14-12-15(2)18(16(19)13-14)20-17(22)8-4-7-11-21-9-5-3-6-10-21/h3,5-6,9-10,12-13H,4,7-8,11H2,1-2H3/p+1. The van der Waals surface area contributed by atoms with Crippen LogP contribution in [0.2, 0.25) is 5.02 Å². The fourth-order valence-corrected chi connectivity index (χ4v) is 2.81. The van der Waals surface area contributed by atoms with Gasteiger partial charge in [-0.1, -0.05) is 23.7 Å². The number of anilines is 1. The summed E-state index contributed by atoms with van der Waals surface area (Å²) in [6.07, 6.45) is 6.42. The summed E-state index contributed by atoms with van der Waals surface area (Å²) in [5, 5.41) is 3.53. The van der Waals surface area contributed by atoms with E-state index < -0.39 is 0 Å². The van der Waals surface area contributed by atoms with Crippen LogP contribution in [-0.4, -0.2) is 5.91 Å². The highest BCUT2D eigenvalue weighted by Crippen LogP contribution is 2.27. The average molecular weight is 318 g/mol. The second kappa shape index (κ2) is 7.95. The quantitative estimate of drug-likeness (QED) is 0.632. The summed E-state index contributed by atoms with van der Waals surface area (Å²) in [5.41, 5.74) is 2.83. The molecule has 22 heavy (non-hydrogen) atoms. The summed E-state index contributed by atoms with van der Waals surface area (Å²) in [4.78, 5) is 12.0. The van der Waals surface area contributed by atoms with Crippen LogP contribution in [0.15, 0.2) is 42.7 Å². The minimum Gasteiger partial charge on any atom is -0.325 e. The third kappa shape index (κ3) is 4.85. The molecule has 1 aromatic heterocycles. The summed E-state index contributed by atoms with van der Waals surface area (Å²) in [5.74, 6) is 0.0203. The molecule has 1 aromatic carbocycles. The first-order valence-corrected chi connectivity index (χ1v) is 7.95. The van der Waals surface area contributed by atoms with E-state index in [1.54, 1.807) is 0 Å². The van der Waals surface area contributed by atoms with E-state index in [1.165, 1.54) is 0 Å². The van der Waals surface area contributed by atoms with Crippen LogP contribution in [0.3, 0.4) is 0 Å². The molecule has 116 valence electrons. The van der Waals surface area contributed by atoms with Crippen LogP contribution in [0.4, 0.5) is 5.69 Å². The Hall–Kier alpha value is -1.87. The predicted molar refractivity (Wildman–Crippen MR) is 90.0 cm³/mol. The maximum absolute atomic E-state index is 12.0. The van der Waals surface area contributed by atoms with Gasteiger partial charge >= 0.3 is 0 Å². The van der Waals surface area contributed by atoms with E-state index in [0.717, 1.165) is 36.2 Å². The number of nitrogens with zero attached hydrogens (tertiary/aromatic N) is 1. The van der Waals surface area contributed by atoms with Crippen molar-refractivity contribution in [1.29, 1.82) is 0 Å². The monoisotopic (exact) mass is 317 g/mol. The zero-order chi connectivity index (χ0) is 15.9. The maximum Gasteiger partial charge on any atom is 0.224 e. The van der Waals surface area contributed by atoms with Gasteiger partial charge in [-0.3, -0.25) is 4.79 Å². The third-order valence-electron chi connectivity index (χ3n) is 3.54. The molecule has 0 aliphatic rings. The normalized spacial score (nSPS) is 10.5. The first-order chi connectivity index (χ1) is 10.6. The fourth-order valence-electron chi connectivity index (χ4n) is 2.44. The Balaban J connectivity index is 1.79.